The molecule has 0 fully saturated rings. The third-order valence-electron chi connectivity index (χ3n) is 3.24. The molecule has 17 heavy (non-hydrogen) atoms. The Bertz CT molecular complexity index is 489. The van der Waals surface area contributed by atoms with Gasteiger partial charge in [0.25, 0.3) is 0 Å². The molecule has 2 atom stereocenters. The van der Waals surface area contributed by atoms with Crippen molar-refractivity contribution in [3.05, 3.63) is 30.2 Å². The van der Waals surface area contributed by atoms with Gasteiger partial charge in [-0.2, -0.15) is 0 Å². The zero-order valence-electron chi connectivity index (χ0n) is 10.9. The molecular weight excluding hydrogens is 212 g/mol. The van der Waals surface area contributed by atoms with Crippen molar-refractivity contribution in [3.63, 3.8) is 0 Å². The molecule has 92 valence electrons. The monoisotopic (exact) mass is 232 g/mol. The second-order valence-corrected chi connectivity index (χ2v) is 4.91. The van der Waals surface area contributed by atoms with Crippen molar-refractivity contribution in [2.75, 3.05) is 0 Å². The lowest BCUT2D eigenvalue weighted by atomic mass is 10.1. The summed E-state index contributed by atoms with van der Waals surface area (Å²) in [5.41, 5.74) is 0.897. The van der Waals surface area contributed by atoms with Gasteiger partial charge in [0, 0.05) is 12.2 Å². The summed E-state index contributed by atoms with van der Waals surface area (Å²) in [5, 5.41) is 12.0. The van der Waals surface area contributed by atoms with Crippen LogP contribution < -0.4 is 5.32 Å². The normalized spacial score (nSPS) is 15.4. The molecule has 0 unspecified atom stereocenters. The van der Waals surface area contributed by atoms with Crippen molar-refractivity contribution in [2.45, 2.75) is 39.8 Å². The Balaban J connectivity index is 2.22. The highest BCUT2D eigenvalue weighted by Crippen LogP contribution is 2.14. The zero-order valence-corrected chi connectivity index (χ0v) is 10.9. The van der Waals surface area contributed by atoms with Gasteiger partial charge in [-0.25, -0.2) is 0 Å². The third-order valence-corrected chi connectivity index (χ3v) is 3.24. The highest BCUT2D eigenvalue weighted by molar-refractivity contribution is 5.37. The van der Waals surface area contributed by atoms with Crippen molar-refractivity contribution in [3.8, 4) is 0 Å². The highest BCUT2D eigenvalue weighted by Gasteiger charge is 2.16. The Morgan fingerprint density at radius 3 is 2.59 bits per heavy atom. The van der Waals surface area contributed by atoms with Gasteiger partial charge in [0.2, 0.25) is 0 Å². The van der Waals surface area contributed by atoms with Crippen LogP contribution in [0.4, 0.5) is 0 Å². The zero-order chi connectivity index (χ0) is 12.4. The molecule has 2 aromatic heterocycles. The molecule has 0 saturated heterocycles. The van der Waals surface area contributed by atoms with E-state index in [2.05, 4.69) is 43.2 Å². The predicted octanol–water partition coefficient (Wildman–Crippen LogP) is 2.42. The largest absolute Gasteiger partial charge is 0.305 e. The number of aromatic nitrogens is 3. The predicted molar refractivity (Wildman–Crippen MR) is 68.8 cm³/mol. The van der Waals surface area contributed by atoms with Gasteiger partial charge in [-0.05, 0) is 31.9 Å². The molecule has 0 aliphatic rings. The summed E-state index contributed by atoms with van der Waals surface area (Å²) >= 11 is 0. The quantitative estimate of drug-likeness (QED) is 0.880. The van der Waals surface area contributed by atoms with E-state index in [-0.39, 0.29) is 6.04 Å². The van der Waals surface area contributed by atoms with Crippen molar-refractivity contribution >= 4 is 5.65 Å². The van der Waals surface area contributed by atoms with Gasteiger partial charge in [0.05, 0.1) is 6.04 Å². The minimum absolute atomic E-state index is 0.199. The van der Waals surface area contributed by atoms with Crippen molar-refractivity contribution < 1.29 is 0 Å². The van der Waals surface area contributed by atoms with Crippen LogP contribution in [0, 0.1) is 5.92 Å². The smallest absolute Gasteiger partial charge is 0.160 e. The molecule has 0 saturated carbocycles. The Labute approximate surface area is 102 Å². The van der Waals surface area contributed by atoms with Gasteiger partial charge in [-0.15, -0.1) is 10.2 Å². The van der Waals surface area contributed by atoms with E-state index in [1.54, 1.807) is 0 Å². The summed E-state index contributed by atoms with van der Waals surface area (Å²) < 4.78 is 2.03. The minimum Gasteiger partial charge on any atom is -0.305 e. The summed E-state index contributed by atoms with van der Waals surface area (Å²) in [4.78, 5) is 0. The molecule has 0 bridgehead atoms. The Morgan fingerprint density at radius 2 is 1.88 bits per heavy atom. The Hall–Kier alpha value is -1.42. The standard InChI is InChI=1S/C13H20N4/c1-9(2)10(3)14-11(4)13-16-15-12-7-5-6-8-17(12)13/h5-11,14H,1-4H3/t10-,11+/m1/s1. The third kappa shape index (κ3) is 2.47. The number of rotatable bonds is 4. The van der Waals surface area contributed by atoms with E-state index < -0.39 is 0 Å². The van der Waals surface area contributed by atoms with Crippen LogP contribution in [0.25, 0.3) is 5.65 Å². The molecule has 0 amide bonds. The highest BCUT2D eigenvalue weighted by atomic mass is 15.3. The van der Waals surface area contributed by atoms with Gasteiger partial charge in [-0.3, -0.25) is 4.40 Å². The Kier molecular flexibility index (Phi) is 3.43. The molecule has 2 rings (SSSR count). The van der Waals surface area contributed by atoms with Crippen molar-refractivity contribution in [2.24, 2.45) is 5.92 Å². The van der Waals surface area contributed by atoms with Crippen LogP contribution >= 0.6 is 0 Å². The SMILES string of the molecule is CC(C)[C@@H](C)N[C@@H](C)c1nnc2ccccn12. The van der Waals surface area contributed by atoms with E-state index >= 15 is 0 Å². The van der Waals surface area contributed by atoms with Gasteiger partial charge < -0.3 is 5.32 Å². The van der Waals surface area contributed by atoms with Crippen LogP contribution in [-0.2, 0) is 0 Å². The van der Waals surface area contributed by atoms with Crippen molar-refractivity contribution in [1.82, 2.24) is 19.9 Å². The lowest BCUT2D eigenvalue weighted by Gasteiger charge is -2.21. The second-order valence-electron chi connectivity index (χ2n) is 4.91. The van der Waals surface area contributed by atoms with E-state index in [4.69, 9.17) is 0 Å². The number of fused-ring (bicyclic) bond motifs is 1. The summed E-state index contributed by atoms with van der Waals surface area (Å²) in [6, 6.07) is 6.60. The molecule has 0 aromatic carbocycles. The van der Waals surface area contributed by atoms with E-state index in [1.807, 2.05) is 28.8 Å². The fraction of sp³-hybridized carbons (Fsp3) is 0.538. The molecule has 0 aliphatic carbocycles. The van der Waals surface area contributed by atoms with Crippen molar-refractivity contribution in [1.29, 1.82) is 0 Å². The first-order chi connectivity index (χ1) is 8.09. The van der Waals surface area contributed by atoms with Crippen LogP contribution in [0.5, 0.6) is 0 Å². The molecule has 0 aliphatic heterocycles. The maximum atomic E-state index is 4.26. The first-order valence-electron chi connectivity index (χ1n) is 6.15. The average Bonchev–Trinajstić information content (AvgIpc) is 2.72. The number of hydrogen-bond donors (Lipinski definition) is 1. The molecular formula is C13H20N4. The van der Waals surface area contributed by atoms with Crippen LogP contribution in [0.3, 0.4) is 0 Å². The summed E-state index contributed by atoms with van der Waals surface area (Å²) in [7, 11) is 0. The van der Waals surface area contributed by atoms with E-state index in [0.717, 1.165) is 11.5 Å². The van der Waals surface area contributed by atoms with Crippen LogP contribution in [0.15, 0.2) is 24.4 Å². The lowest BCUT2D eigenvalue weighted by molar-refractivity contribution is 0.380. The molecule has 4 heteroatoms. The first kappa shape index (κ1) is 12.0. The second kappa shape index (κ2) is 4.84. The summed E-state index contributed by atoms with van der Waals surface area (Å²) in [6.07, 6.45) is 2.00. The fourth-order valence-corrected chi connectivity index (χ4v) is 1.82. The molecule has 0 spiro atoms. The van der Waals surface area contributed by atoms with E-state index in [9.17, 15) is 0 Å². The Morgan fingerprint density at radius 1 is 1.12 bits per heavy atom. The maximum absolute atomic E-state index is 4.26. The van der Waals surface area contributed by atoms with E-state index in [0.29, 0.717) is 12.0 Å². The maximum Gasteiger partial charge on any atom is 0.160 e. The lowest BCUT2D eigenvalue weighted by Crippen LogP contribution is -2.33. The number of pyridine rings is 1. The number of nitrogens with one attached hydrogen (secondary N) is 1. The topological polar surface area (TPSA) is 42.2 Å². The molecule has 1 N–H and O–H groups in total. The van der Waals surface area contributed by atoms with Gasteiger partial charge in [0.1, 0.15) is 0 Å². The van der Waals surface area contributed by atoms with Gasteiger partial charge in [0.15, 0.2) is 11.5 Å². The van der Waals surface area contributed by atoms with Crippen LogP contribution in [0.2, 0.25) is 0 Å². The molecule has 4 nitrogen and oxygen atoms in total. The molecule has 2 heterocycles. The summed E-state index contributed by atoms with van der Waals surface area (Å²) in [5.74, 6) is 1.57. The van der Waals surface area contributed by atoms with Crippen LogP contribution in [0.1, 0.15) is 39.6 Å². The molecule has 2 aromatic rings. The number of hydrogen-bond acceptors (Lipinski definition) is 3. The fourth-order valence-electron chi connectivity index (χ4n) is 1.82. The average molecular weight is 232 g/mol. The van der Waals surface area contributed by atoms with Crippen LogP contribution in [-0.4, -0.2) is 20.6 Å². The van der Waals surface area contributed by atoms with Gasteiger partial charge in [-0.1, -0.05) is 19.9 Å². The summed E-state index contributed by atoms with van der Waals surface area (Å²) in [6.45, 7) is 8.76. The molecule has 0 radical (unpaired) electrons. The number of nitrogens with zero attached hydrogens (tertiary/aromatic N) is 3. The van der Waals surface area contributed by atoms with Gasteiger partial charge >= 0.3 is 0 Å². The minimum atomic E-state index is 0.199. The first-order valence-corrected chi connectivity index (χ1v) is 6.15. The van der Waals surface area contributed by atoms with E-state index in [1.165, 1.54) is 0 Å².